The van der Waals surface area contributed by atoms with Crippen LogP contribution in [0.2, 0.25) is 0 Å². The second kappa shape index (κ2) is 7.67. The van der Waals surface area contributed by atoms with Crippen molar-refractivity contribution < 1.29 is 13.9 Å². The Bertz CT molecular complexity index is 1270. The number of carbonyl (C=O) groups excluding carboxylic acids is 1. The molecule has 1 atom stereocenters. The van der Waals surface area contributed by atoms with Crippen molar-refractivity contribution in [2.45, 2.75) is 6.04 Å². The third-order valence-corrected chi connectivity index (χ3v) is 5.96. The number of nitrogens with zero attached hydrogens (tertiary/aromatic N) is 2. The molecular formula is C24H17BrFN3O2. The molecule has 0 fully saturated rings. The topological polar surface area (TPSA) is 58.2 Å². The molecule has 1 N–H and O–H groups in total. The quantitative estimate of drug-likeness (QED) is 0.407. The van der Waals surface area contributed by atoms with E-state index in [0.717, 1.165) is 10.0 Å². The van der Waals surface area contributed by atoms with E-state index in [0.29, 0.717) is 34.0 Å². The van der Waals surface area contributed by atoms with Gasteiger partial charge >= 0.3 is 0 Å². The fourth-order valence-corrected chi connectivity index (χ4v) is 4.24. The lowest BCUT2D eigenvalue weighted by Gasteiger charge is -2.26. The summed E-state index contributed by atoms with van der Waals surface area (Å²) in [6.45, 7) is 0. The van der Waals surface area contributed by atoms with Gasteiger partial charge in [0.05, 0.1) is 18.8 Å². The van der Waals surface area contributed by atoms with Crippen molar-refractivity contribution in [2.75, 3.05) is 12.0 Å². The van der Waals surface area contributed by atoms with Gasteiger partial charge in [0, 0.05) is 26.9 Å². The zero-order valence-corrected chi connectivity index (χ0v) is 18.1. The van der Waals surface area contributed by atoms with Crippen molar-refractivity contribution in [1.29, 1.82) is 0 Å². The number of aromatic nitrogens is 2. The van der Waals surface area contributed by atoms with Crippen LogP contribution in [-0.2, 0) is 0 Å². The average molecular weight is 478 g/mol. The largest absolute Gasteiger partial charge is 0.497 e. The number of halogens is 2. The number of fused-ring (bicyclic) bond motifs is 1. The number of rotatable bonds is 4. The van der Waals surface area contributed by atoms with Gasteiger partial charge in [0.2, 0.25) is 0 Å². The number of carbonyl (C=O) groups is 1. The summed E-state index contributed by atoms with van der Waals surface area (Å²) in [5.41, 5.74) is 3.52. The number of hydrogen-bond acceptors (Lipinski definition) is 3. The highest BCUT2D eigenvalue weighted by atomic mass is 79.9. The first kappa shape index (κ1) is 19.5. The second-order valence-electron chi connectivity index (χ2n) is 7.17. The monoisotopic (exact) mass is 477 g/mol. The molecule has 0 bridgehead atoms. The fourth-order valence-electron chi connectivity index (χ4n) is 3.98. The Morgan fingerprint density at radius 1 is 1.03 bits per heavy atom. The summed E-state index contributed by atoms with van der Waals surface area (Å²) in [5.74, 6) is 0.0872. The normalized spacial score (nSPS) is 15.3. The summed E-state index contributed by atoms with van der Waals surface area (Å²) in [6, 6.07) is 20.7. The SMILES string of the molecule is COc1ccc(-c2n[nH]c3c2[C@@H](c2ccccc2F)N(c2ccc(Br)cc2)C3=O)cc1. The number of aromatic amines is 1. The molecule has 1 amide bonds. The van der Waals surface area contributed by atoms with Crippen molar-refractivity contribution in [3.05, 3.63) is 99.9 Å². The molecule has 7 heteroatoms. The highest BCUT2D eigenvalue weighted by molar-refractivity contribution is 9.10. The summed E-state index contributed by atoms with van der Waals surface area (Å²) in [5, 5.41) is 7.31. The van der Waals surface area contributed by atoms with Gasteiger partial charge in [-0.2, -0.15) is 5.10 Å². The maximum atomic E-state index is 15.0. The number of benzene rings is 3. The van der Waals surface area contributed by atoms with Gasteiger partial charge in [0.1, 0.15) is 17.3 Å². The van der Waals surface area contributed by atoms with Crippen LogP contribution in [0.4, 0.5) is 10.1 Å². The maximum Gasteiger partial charge on any atom is 0.277 e. The molecule has 0 spiro atoms. The molecule has 0 radical (unpaired) electrons. The molecule has 1 aliphatic heterocycles. The summed E-state index contributed by atoms with van der Waals surface area (Å²) in [7, 11) is 1.60. The number of anilines is 1. The highest BCUT2D eigenvalue weighted by Gasteiger charge is 2.44. The minimum Gasteiger partial charge on any atom is -0.497 e. The van der Waals surface area contributed by atoms with Gasteiger partial charge in [-0.1, -0.05) is 34.1 Å². The number of nitrogens with one attached hydrogen (secondary N) is 1. The lowest BCUT2D eigenvalue weighted by molar-refractivity contribution is 0.0988. The Hall–Kier alpha value is -3.45. The second-order valence-corrected chi connectivity index (χ2v) is 8.08. The lowest BCUT2D eigenvalue weighted by atomic mass is 9.95. The first-order valence-electron chi connectivity index (χ1n) is 9.64. The van der Waals surface area contributed by atoms with Crippen LogP contribution in [-0.4, -0.2) is 23.2 Å². The highest BCUT2D eigenvalue weighted by Crippen LogP contribution is 2.45. The first-order valence-corrected chi connectivity index (χ1v) is 10.4. The van der Waals surface area contributed by atoms with E-state index in [1.807, 2.05) is 48.5 Å². The van der Waals surface area contributed by atoms with E-state index in [1.165, 1.54) is 6.07 Å². The van der Waals surface area contributed by atoms with Gasteiger partial charge in [0.25, 0.3) is 5.91 Å². The van der Waals surface area contributed by atoms with Crippen LogP contribution >= 0.6 is 15.9 Å². The predicted molar refractivity (Wildman–Crippen MR) is 120 cm³/mol. The Labute approximate surface area is 186 Å². The standard InChI is InChI=1S/C24H17BrFN3O2/c1-31-17-12-6-14(7-13-17)21-20-22(28-27-21)24(30)29(16-10-8-15(25)9-11-16)23(20)18-4-2-3-5-19(18)26/h2-13,23H,1H3,(H,27,28)/t23-/m1/s1. The zero-order chi connectivity index (χ0) is 21.5. The molecule has 1 aliphatic rings. The summed E-state index contributed by atoms with van der Waals surface area (Å²) >= 11 is 3.43. The van der Waals surface area contributed by atoms with Crippen LogP contribution in [0.15, 0.2) is 77.3 Å². The molecular weight excluding hydrogens is 461 g/mol. The molecule has 5 nitrogen and oxygen atoms in total. The van der Waals surface area contributed by atoms with Crippen molar-refractivity contribution in [3.8, 4) is 17.0 Å². The van der Waals surface area contributed by atoms with Crippen molar-refractivity contribution in [1.82, 2.24) is 10.2 Å². The molecule has 1 aromatic heterocycles. The third kappa shape index (κ3) is 3.21. The molecule has 154 valence electrons. The minimum atomic E-state index is -0.652. The minimum absolute atomic E-state index is 0.252. The number of ether oxygens (including phenoxy) is 1. The summed E-state index contributed by atoms with van der Waals surface area (Å²) < 4.78 is 21.1. The van der Waals surface area contributed by atoms with Gasteiger partial charge in [-0.05, 0) is 54.6 Å². The van der Waals surface area contributed by atoms with Gasteiger partial charge in [0.15, 0.2) is 0 Å². The van der Waals surface area contributed by atoms with Crippen LogP contribution in [0.25, 0.3) is 11.3 Å². The number of H-pyrrole nitrogens is 1. The van der Waals surface area contributed by atoms with E-state index in [-0.39, 0.29) is 11.7 Å². The molecule has 4 aromatic rings. The van der Waals surface area contributed by atoms with Gasteiger partial charge in [-0.25, -0.2) is 4.39 Å². The molecule has 0 aliphatic carbocycles. The van der Waals surface area contributed by atoms with E-state index in [1.54, 1.807) is 30.2 Å². The Kier molecular flexibility index (Phi) is 4.82. The first-order chi connectivity index (χ1) is 15.1. The van der Waals surface area contributed by atoms with Gasteiger partial charge in [-0.3, -0.25) is 14.8 Å². The molecule has 0 saturated heterocycles. The van der Waals surface area contributed by atoms with Gasteiger partial charge in [-0.15, -0.1) is 0 Å². The van der Waals surface area contributed by atoms with E-state index < -0.39 is 6.04 Å². The summed E-state index contributed by atoms with van der Waals surface area (Å²) in [6.07, 6.45) is 0. The molecule has 3 aromatic carbocycles. The van der Waals surface area contributed by atoms with E-state index in [9.17, 15) is 9.18 Å². The van der Waals surface area contributed by atoms with E-state index in [2.05, 4.69) is 26.1 Å². The van der Waals surface area contributed by atoms with Crippen molar-refractivity contribution >= 4 is 27.5 Å². The molecule has 0 saturated carbocycles. The smallest absolute Gasteiger partial charge is 0.277 e. The number of amides is 1. The predicted octanol–water partition coefficient (Wildman–Crippen LogP) is 5.74. The van der Waals surface area contributed by atoms with E-state index >= 15 is 0 Å². The van der Waals surface area contributed by atoms with Crippen LogP contribution in [0.3, 0.4) is 0 Å². The molecule has 31 heavy (non-hydrogen) atoms. The molecule has 5 rings (SSSR count). The Morgan fingerprint density at radius 2 is 1.74 bits per heavy atom. The average Bonchev–Trinajstić information content (AvgIpc) is 3.34. The van der Waals surface area contributed by atoms with Crippen LogP contribution < -0.4 is 9.64 Å². The van der Waals surface area contributed by atoms with E-state index in [4.69, 9.17) is 4.74 Å². The van der Waals surface area contributed by atoms with Crippen molar-refractivity contribution in [2.24, 2.45) is 0 Å². The fraction of sp³-hybridized carbons (Fsp3) is 0.0833. The zero-order valence-electron chi connectivity index (χ0n) is 16.5. The lowest BCUT2D eigenvalue weighted by Crippen LogP contribution is -2.29. The Morgan fingerprint density at radius 3 is 2.42 bits per heavy atom. The van der Waals surface area contributed by atoms with Gasteiger partial charge < -0.3 is 4.74 Å². The summed E-state index contributed by atoms with van der Waals surface area (Å²) in [4.78, 5) is 15.0. The van der Waals surface area contributed by atoms with Crippen LogP contribution in [0.5, 0.6) is 5.75 Å². The Balaban J connectivity index is 1.71. The van der Waals surface area contributed by atoms with Crippen LogP contribution in [0, 0.1) is 5.82 Å². The third-order valence-electron chi connectivity index (χ3n) is 5.44. The maximum absolute atomic E-state index is 15.0. The van der Waals surface area contributed by atoms with Crippen LogP contribution in [0.1, 0.15) is 27.7 Å². The molecule has 2 heterocycles. The number of hydrogen-bond donors (Lipinski definition) is 1. The molecule has 0 unspecified atom stereocenters. The number of methoxy groups -OCH3 is 1. The van der Waals surface area contributed by atoms with Crippen molar-refractivity contribution in [3.63, 3.8) is 0 Å².